The predicted molar refractivity (Wildman–Crippen MR) is 110 cm³/mol. The van der Waals surface area contributed by atoms with Crippen LogP contribution in [0.4, 0.5) is 5.69 Å². The topological polar surface area (TPSA) is 50.4 Å². The van der Waals surface area contributed by atoms with Gasteiger partial charge in [0.25, 0.3) is 0 Å². The second kappa shape index (κ2) is 10.3. The molecule has 0 heterocycles. The molecule has 2 rings (SSSR count). The summed E-state index contributed by atoms with van der Waals surface area (Å²) < 4.78 is 4.70. The van der Waals surface area contributed by atoms with E-state index in [0.717, 1.165) is 18.1 Å². The van der Waals surface area contributed by atoms with Crippen LogP contribution in [0.15, 0.2) is 48.5 Å². The van der Waals surface area contributed by atoms with Crippen LogP contribution in [-0.4, -0.2) is 30.5 Å². The van der Waals surface area contributed by atoms with Crippen molar-refractivity contribution in [3.8, 4) is 0 Å². The first-order valence-electron chi connectivity index (χ1n) is 7.64. The largest absolute Gasteiger partial charge is 0.465 e. The average Bonchev–Trinajstić information content (AvgIpc) is 2.63. The molecule has 0 fully saturated rings. The van der Waals surface area contributed by atoms with Crippen LogP contribution in [0.1, 0.15) is 15.9 Å². The summed E-state index contributed by atoms with van der Waals surface area (Å²) in [6, 6.07) is 15.2. The van der Waals surface area contributed by atoms with Gasteiger partial charge in [0.2, 0.25) is 0 Å². The van der Waals surface area contributed by atoms with E-state index in [1.807, 2.05) is 30.0 Å². The number of rotatable bonds is 7. The first kappa shape index (κ1) is 19.6. The molecule has 0 spiro atoms. The van der Waals surface area contributed by atoms with Gasteiger partial charge in [-0.05, 0) is 36.0 Å². The SMILES string of the molecule is COC(=O)c1ccc(Cl)c(NC(=S)NCCSCc2ccccc2)c1. The van der Waals surface area contributed by atoms with Crippen LogP contribution in [0, 0.1) is 0 Å². The molecule has 2 aromatic rings. The first-order chi connectivity index (χ1) is 12.1. The van der Waals surface area contributed by atoms with Gasteiger partial charge in [0, 0.05) is 18.1 Å². The summed E-state index contributed by atoms with van der Waals surface area (Å²) >= 11 is 13.2. The zero-order valence-corrected chi connectivity index (χ0v) is 16.1. The number of methoxy groups -OCH3 is 1. The van der Waals surface area contributed by atoms with Crippen LogP contribution >= 0.6 is 35.6 Å². The molecule has 2 aromatic carbocycles. The second-order valence-corrected chi connectivity index (χ2v) is 7.03. The van der Waals surface area contributed by atoms with Gasteiger partial charge in [-0.1, -0.05) is 41.9 Å². The van der Waals surface area contributed by atoms with Crippen LogP contribution < -0.4 is 10.6 Å². The molecule has 0 unspecified atom stereocenters. The van der Waals surface area contributed by atoms with Crippen molar-refractivity contribution in [3.05, 3.63) is 64.7 Å². The van der Waals surface area contributed by atoms with E-state index < -0.39 is 5.97 Å². The van der Waals surface area contributed by atoms with Gasteiger partial charge in [0.15, 0.2) is 5.11 Å². The summed E-state index contributed by atoms with van der Waals surface area (Å²) in [5.74, 6) is 1.47. The van der Waals surface area contributed by atoms with E-state index in [-0.39, 0.29) is 0 Å². The molecule has 0 bridgehead atoms. The molecule has 0 aliphatic carbocycles. The van der Waals surface area contributed by atoms with Crippen LogP contribution in [0.2, 0.25) is 5.02 Å². The van der Waals surface area contributed by atoms with Gasteiger partial charge in [-0.25, -0.2) is 4.79 Å². The predicted octanol–water partition coefficient (Wildman–Crippen LogP) is 4.35. The second-order valence-electron chi connectivity index (χ2n) is 5.11. The Labute approximate surface area is 162 Å². The Morgan fingerprint density at radius 2 is 2.00 bits per heavy atom. The van der Waals surface area contributed by atoms with Crippen LogP contribution in [0.25, 0.3) is 0 Å². The third-order valence-electron chi connectivity index (χ3n) is 3.28. The molecule has 4 nitrogen and oxygen atoms in total. The molecule has 0 aromatic heterocycles. The monoisotopic (exact) mass is 394 g/mol. The highest BCUT2D eigenvalue weighted by atomic mass is 35.5. The highest BCUT2D eigenvalue weighted by molar-refractivity contribution is 7.98. The highest BCUT2D eigenvalue weighted by Crippen LogP contribution is 2.23. The van der Waals surface area contributed by atoms with Gasteiger partial charge in [-0.3, -0.25) is 0 Å². The van der Waals surface area contributed by atoms with Gasteiger partial charge < -0.3 is 15.4 Å². The number of nitrogens with one attached hydrogen (secondary N) is 2. The maximum Gasteiger partial charge on any atom is 0.337 e. The number of anilines is 1. The minimum atomic E-state index is -0.420. The molecule has 7 heteroatoms. The number of thioether (sulfide) groups is 1. The molecule has 25 heavy (non-hydrogen) atoms. The van der Waals surface area contributed by atoms with E-state index >= 15 is 0 Å². The molecular weight excluding hydrogens is 376 g/mol. The summed E-state index contributed by atoms with van der Waals surface area (Å²) in [6.07, 6.45) is 0. The lowest BCUT2D eigenvalue weighted by molar-refractivity contribution is 0.0601. The van der Waals surface area contributed by atoms with Crippen molar-refractivity contribution >= 4 is 52.3 Å². The van der Waals surface area contributed by atoms with Gasteiger partial charge >= 0.3 is 5.97 Å². The van der Waals surface area contributed by atoms with Gasteiger partial charge in [-0.15, -0.1) is 0 Å². The summed E-state index contributed by atoms with van der Waals surface area (Å²) in [6.45, 7) is 0.734. The Kier molecular flexibility index (Phi) is 8.04. The Bertz CT molecular complexity index is 726. The molecule has 0 amide bonds. The van der Waals surface area contributed by atoms with Crippen molar-refractivity contribution in [1.29, 1.82) is 0 Å². The smallest absolute Gasteiger partial charge is 0.337 e. The zero-order chi connectivity index (χ0) is 18.1. The fraction of sp³-hybridized carbons (Fsp3) is 0.222. The quantitative estimate of drug-likeness (QED) is 0.413. The minimum absolute atomic E-state index is 0.413. The van der Waals surface area contributed by atoms with Gasteiger partial charge in [0.1, 0.15) is 0 Å². The molecule has 0 saturated heterocycles. The lowest BCUT2D eigenvalue weighted by atomic mass is 10.2. The number of carbonyl (C=O) groups is 1. The molecule has 0 radical (unpaired) electrons. The number of thiocarbonyl (C=S) groups is 1. The van der Waals surface area contributed by atoms with E-state index in [4.69, 9.17) is 28.6 Å². The summed E-state index contributed by atoms with van der Waals surface area (Å²) in [4.78, 5) is 11.6. The average molecular weight is 395 g/mol. The van der Waals surface area contributed by atoms with Crippen molar-refractivity contribution < 1.29 is 9.53 Å². The lowest BCUT2D eigenvalue weighted by Gasteiger charge is -2.12. The zero-order valence-electron chi connectivity index (χ0n) is 13.8. The third kappa shape index (κ3) is 6.57. The van der Waals surface area contributed by atoms with E-state index in [0.29, 0.717) is 21.4 Å². The van der Waals surface area contributed by atoms with Crippen LogP contribution in [0.5, 0.6) is 0 Å². The third-order valence-corrected chi connectivity index (χ3v) is 4.89. The first-order valence-corrected chi connectivity index (χ1v) is 9.58. The van der Waals surface area contributed by atoms with Crippen LogP contribution in [0.3, 0.4) is 0 Å². The maximum atomic E-state index is 11.6. The fourth-order valence-electron chi connectivity index (χ4n) is 2.03. The summed E-state index contributed by atoms with van der Waals surface area (Å²) in [5, 5.41) is 7.09. The number of hydrogen-bond acceptors (Lipinski definition) is 4. The highest BCUT2D eigenvalue weighted by Gasteiger charge is 2.09. The normalized spacial score (nSPS) is 10.2. The van der Waals surface area contributed by atoms with Crippen molar-refractivity contribution in [2.45, 2.75) is 5.75 Å². The fourth-order valence-corrected chi connectivity index (χ4v) is 3.23. The van der Waals surface area contributed by atoms with Crippen molar-refractivity contribution in [2.75, 3.05) is 24.7 Å². The Morgan fingerprint density at radius 3 is 2.72 bits per heavy atom. The molecule has 132 valence electrons. The summed E-state index contributed by atoms with van der Waals surface area (Å²) in [5.41, 5.74) is 2.29. The van der Waals surface area contributed by atoms with Crippen LogP contribution in [-0.2, 0) is 10.5 Å². The number of esters is 1. The van der Waals surface area contributed by atoms with Gasteiger partial charge in [-0.2, -0.15) is 11.8 Å². The van der Waals surface area contributed by atoms with E-state index in [2.05, 4.69) is 22.8 Å². The molecular formula is C18H19ClN2O2S2. The molecule has 0 saturated carbocycles. The Balaban J connectivity index is 1.75. The number of halogens is 1. The van der Waals surface area contributed by atoms with E-state index in [1.54, 1.807) is 18.2 Å². The molecule has 0 aliphatic rings. The minimum Gasteiger partial charge on any atom is -0.465 e. The van der Waals surface area contributed by atoms with E-state index in [1.165, 1.54) is 12.7 Å². The van der Waals surface area contributed by atoms with Crippen molar-refractivity contribution in [2.24, 2.45) is 0 Å². The number of hydrogen-bond donors (Lipinski definition) is 2. The number of benzene rings is 2. The maximum absolute atomic E-state index is 11.6. The number of carbonyl (C=O) groups excluding carboxylic acids is 1. The van der Waals surface area contributed by atoms with Gasteiger partial charge in [0.05, 0.1) is 23.4 Å². The lowest BCUT2D eigenvalue weighted by Crippen LogP contribution is -2.30. The number of ether oxygens (including phenoxy) is 1. The molecule has 0 atom stereocenters. The van der Waals surface area contributed by atoms with Crippen molar-refractivity contribution in [1.82, 2.24) is 5.32 Å². The Hall–Kier alpha value is -1.76. The summed E-state index contributed by atoms with van der Waals surface area (Å²) in [7, 11) is 1.34. The van der Waals surface area contributed by atoms with Crippen molar-refractivity contribution in [3.63, 3.8) is 0 Å². The Morgan fingerprint density at radius 1 is 1.24 bits per heavy atom. The standard InChI is InChI=1S/C18H19ClN2O2S2/c1-23-17(22)14-7-8-15(19)16(11-14)21-18(24)20-9-10-25-12-13-5-3-2-4-6-13/h2-8,11H,9-10,12H2,1H3,(H2,20,21,24). The molecule has 0 aliphatic heterocycles. The van der Waals surface area contributed by atoms with E-state index in [9.17, 15) is 4.79 Å². The molecule has 2 N–H and O–H groups in total.